The van der Waals surface area contributed by atoms with E-state index in [-0.39, 0.29) is 5.91 Å². The SMILES string of the molecule is COc1ccc(C=CC(=O)Nc2ccc3oc(N4CC[C@@H](N(C)C)C4)nc3c2)cc1. The molecule has 7 nitrogen and oxygen atoms in total. The molecule has 1 amide bonds. The highest BCUT2D eigenvalue weighted by Gasteiger charge is 2.27. The molecule has 1 aliphatic heterocycles. The van der Waals surface area contributed by atoms with Crippen molar-refractivity contribution < 1.29 is 13.9 Å². The number of carbonyl (C=O) groups is 1. The van der Waals surface area contributed by atoms with E-state index in [9.17, 15) is 4.79 Å². The van der Waals surface area contributed by atoms with Gasteiger partial charge in [0.25, 0.3) is 6.01 Å². The van der Waals surface area contributed by atoms with Gasteiger partial charge in [-0.3, -0.25) is 4.79 Å². The fourth-order valence-corrected chi connectivity index (χ4v) is 3.54. The maximum absolute atomic E-state index is 12.3. The molecule has 0 saturated carbocycles. The van der Waals surface area contributed by atoms with E-state index in [0.29, 0.717) is 23.3 Å². The third kappa shape index (κ3) is 4.46. The van der Waals surface area contributed by atoms with E-state index in [1.54, 1.807) is 13.2 Å². The fourth-order valence-electron chi connectivity index (χ4n) is 3.54. The van der Waals surface area contributed by atoms with Gasteiger partial charge in [0, 0.05) is 30.9 Å². The molecule has 4 rings (SSSR count). The molecule has 0 spiro atoms. The van der Waals surface area contributed by atoms with Crippen molar-refractivity contribution in [2.24, 2.45) is 0 Å². The number of methoxy groups -OCH3 is 1. The molecular weight excluding hydrogens is 380 g/mol. The van der Waals surface area contributed by atoms with Gasteiger partial charge in [0.15, 0.2) is 5.58 Å². The van der Waals surface area contributed by atoms with Crippen molar-refractivity contribution >= 4 is 34.8 Å². The lowest BCUT2D eigenvalue weighted by Crippen LogP contribution is -2.31. The maximum Gasteiger partial charge on any atom is 0.298 e. The molecular formula is C23H26N4O3. The molecule has 2 aromatic carbocycles. The average Bonchev–Trinajstić information content (AvgIpc) is 3.39. The van der Waals surface area contributed by atoms with Crippen LogP contribution in [0.2, 0.25) is 0 Å². The van der Waals surface area contributed by atoms with Crippen LogP contribution in [0.4, 0.5) is 11.7 Å². The predicted octanol–water partition coefficient (Wildman–Crippen LogP) is 3.63. The molecule has 0 unspecified atom stereocenters. The van der Waals surface area contributed by atoms with Gasteiger partial charge >= 0.3 is 0 Å². The number of rotatable bonds is 6. The summed E-state index contributed by atoms with van der Waals surface area (Å²) in [5.74, 6) is 0.574. The maximum atomic E-state index is 12.3. The number of fused-ring (bicyclic) bond motifs is 1. The molecule has 1 aromatic heterocycles. The summed E-state index contributed by atoms with van der Waals surface area (Å²) in [4.78, 5) is 21.3. The Balaban J connectivity index is 1.42. The summed E-state index contributed by atoms with van der Waals surface area (Å²) in [5.41, 5.74) is 3.05. The first-order valence-corrected chi connectivity index (χ1v) is 9.97. The number of likely N-dealkylation sites (N-methyl/N-ethyl adjacent to an activating group) is 1. The van der Waals surface area contributed by atoms with Crippen LogP contribution in [0.25, 0.3) is 17.2 Å². The second kappa shape index (κ2) is 8.59. The zero-order valence-corrected chi connectivity index (χ0v) is 17.5. The lowest BCUT2D eigenvalue weighted by Gasteiger charge is -2.19. The molecule has 1 fully saturated rings. The van der Waals surface area contributed by atoms with E-state index in [0.717, 1.165) is 36.3 Å². The predicted molar refractivity (Wildman–Crippen MR) is 119 cm³/mol. The average molecular weight is 406 g/mol. The smallest absolute Gasteiger partial charge is 0.298 e. The molecule has 1 aliphatic rings. The van der Waals surface area contributed by atoms with Gasteiger partial charge in [0.05, 0.1) is 7.11 Å². The number of hydrogen-bond acceptors (Lipinski definition) is 6. The van der Waals surface area contributed by atoms with Crippen molar-refractivity contribution in [1.29, 1.82) is 0 Å². The summed E-state index contributed by atoms with van der Waals surface area (Å²) < 4.78 is 11.1. The molecule has 1 atom stereocenters. The molecule has 156 valence electrons. The van der Waals surface area contributed by atoms with Gasteiger partial charge in [-0.15, -0.1) is 0 Å². The molecule has 3 aromatic rings. The van der Waals surface area contributed by atoms with E-state index in [2.05, 4.69) is 34.2 Å². The number of benzene rings is 2. The number of anilines is 2. The first-order valence-electron chi connectivity index (χ1n) is 9.97. The molecule has 1 saturated heterocycles. The van der Waals surface area contributed by atoms with Crippen LogP contribution in [0.1, 0.15) is 12.0 Å². The van der Waals surface area contributed by atoms with Crippen molar-refractivity contribution in [2.75, 3.05) is 44.5 Å². The van der Waals surface area contributed by atoms with Gasteiger partial charge in [-0.1, -0.05) is 12.1 Å². The third-order valence-electron chi connectivity index (χ3n) is 5.35. The summed E-state index contributed by atoms with van der Waals surface area (Å²) in [7, 11) is 5.81. The Morgan fingerprint density at radius 1 is 1.27 bits per heavy atom. The molecule has 1 N–H and O–H groups in total. The lowest BCUT2D eigenvalue weighted by molar-refractivity contribution is -0.111. The molecule has 0 bridgehead atoms. The Labute approximate surface area is 175 Å². The molecule has 2 heterocycles. The summed E-state index contributed by atoms with van der Waals surface area (Å²) in [6, 6.07) is 14.1. The van der Waals surface area contributed by atoms with E-state index >= 15 is 0 Å². The van der Waals surface area contributed by atoms with E-state index < -0.39 is 0 Å². The van der Waals surface area contributed by atoms with Crippen LogP contribution in [-0.2, 0) is 4.79 Å². The minimum Gasteiger partial charge on any atom is -0.497 e. The zero-order chi connectivity index (χ0) is 21.1. The Hall–Kier alpha value is -3.32. The molecule has 0 radical (unpaired) electrons. The number of oxazole rings is 1. The summed E-state index contributed by atoms with van der Waals surface area (Å²) in [6.07, 6.45) is 4.36. The highest BCUT2D eigenvalue weighted by Crippen LogP contribution is 2.27. The zero-order valence-electron chi connectivity index (χ0n) is 17.5. The van der Waals surface area contributed by atoms with Gasteiger partial charge in [-0.2, -0.15) is 4.98 Å². The Morgan fingerprint density at radius 3 is 2.77 bits per heavy atom. The second-order valence-corrected chi connectivity index (χ2v) is 7.63. The monoisotopic (exact) mass is 406 g/mol. The molecule has 30 heavy (non-hydrogen) atoms. The van der Waals surface area contributed by atoms with Gasteiger partial charge in [-0.05, 0) is 62.5 Å². The van der Waals surface area contributed by atoms with Gasteiger partial charge < -0.3 is 24.3 Å². The van der Waals surface area contributed by atoms with E-state index in [1.807, 2.05) is 42.5 Å². The first kappa shape index (κ1) is 20.0. The molecule has 0 aliphatic carbocycles. The lowest BCUT2D eigenvalue weighted by atomic mass is 10.2. The number of ether oxygens (including phenoxy) is 1. The largest absolute Gasteiger partial charge is 0.497 e. The van der Waals surface area contributed by atoms with E-state index in [1.165, 1.54) is 6.08 Å². The number of nitrogens with one attached hydrogen (secondary N) is 1. The van der Waals surface area contributed by atoms with Crippen molar-refractivity contribution in [3.05, 3.63) is 54.1 Å². The van der Waals surface area contributed by atoms with Crippen LogP contribution in [0, 0.1) is 0 Å². The van der Waals surface area contributed by atoms with Crippen molar-refractivity contribution in [3.63, 3.8) is 0 Å². The standard InChI is InChI=1S/C23H26N4O3/c1-26(2)18-12-13-27(15-18)23-25-20-14-17(7-10-21(20)30-23)24-22(28)11-6-16-4-8-19(29-3)9-5-16/h4-11,14,18H,12-13,15H2,1-3H3,(H,24,28)/t18-/m1/s1. The minimum atomic E-state index is -0.206. The van der Waals surface area contributed by atoms with Crippen LogP contribution < -0.4 is 15.0 Å². The number of aromatic nitrogens is 1. The number of amides is 1. The van der Waals surface area contributed by atoms with Gasteiger partial charge in [-0.25, -0.2) is 0 Å². The van der Waals surface area contributed by atoms with Crippen LogP contribution >= 0.6 is 0 Å². The first-order chi connectivity index (χ1) is 14.5. The van der Waals surface area contributed by atoms with Crippen molar-refractivity contribution in [3.8, 4) is 5.75 Å². The number of hydrogen-bond donors (Lipinski definition) is 1. The highest BCUT2D eigenvalue weighted by molar-refractivity contribution is 6.02. The quantitative estimate of drug-likeness (QED) is 0.631. The third-order valence-corrected chi connectivity index (χ3v) is 5.35. The second-order valence-electron chi connectivity index (χ2n) is 7.63. The summed E-state index contributed by atoms with van der Waals surface area (Å²) in [5, 5.41) is 2.88. The Morgan fingerprint density at radius 2 is 2.07 bits per heavy atom. The van der Waals surface area contributed by atoms with Crippen molar-refractivity contribution in [1.82, 2.24) is 9.88 Å². The van der Waals surface area contributed by atoms with Crippen LogP contribution in [-0.4, -0.2) is 56.1 Å². The van der Waals surface area contributed by atoms with Crippen LogP contribution in [0.5, 0.6) is 5.75 Å². The van der Waals surface area contributed by atoms with Crippen LogP contribution in [0.15, 0.2) is 53.0 Å². The number of carbonyl (C=O) groups excluding carboxylic acids is 1. The van der Waals surface area contributed by atoms with Gasteiger partial charge in [0.1, 0.15) is 11.3 Å². The van der Waals surface area contributed by atoms with Gasteiger partial charge in [0.2, 0.25) is 5.91 Å². The Bertz CT molecular complexity index is 1060. The summed E-state index contributed by atoms with van der Waals surface area (Å²) in [6.45, 7) is 1.83. The summed E-state index contributed by atoms with van der Waals surface area (Å²) >= 11 is 0. The number of nitrogens with zero attached hydrogens (tertiary/aromatic N) is 3. The fraction of sp³-hybridized carbons (Fsp3) is 0.304. The van der Waals surface area contributed by atoms with Crippen LogP contribution in [0.3, 0.4) is 0 Å². The van der Waals surface area contributed by atoms with E-state index in [4.69, 9.17) is 9.15 Å². The Kier molecular flexibility index (Phi) is 5.72. The van der Waals surface area contributed by atoms with Crippen molar-refractivity contribution in [2.45, 2.75) is 12.5 Å². The minimum absolute atomic E-state index is 0.206. The normalized spacial score (nSPS) is 16.7. The topological polar surface area (TPSA) is 70.8 Å². The highest BCUT2D eigenvalue weighted by atomic mass is 16.5. The molecule has 7 heteroatoms.